The van der Waals surface area contributed by atoms with E-state index in [9.17, 15) is 17.7 Å². The summed E-state index contributed by atoms with van der Waals surface area (Å²) in [5, 5.41) is 0. The normalized spacial score (nSPS) is 10.8. The predicted octanol–water partition coefficient (Wildman–Crippen LogP) is -2.56. The van der Waals surface area contributed by atoms with Crippen LogP contribution in [0.3, 0.4) is 0 Å². The van der Waals surface area contributed by atoms with Gasteiger partial charge in [0.05, 0.1) is 0 Å². The molecule has 66 valence electrons. The summed E-state index contributed by atoms with van der Waals surface area (Å²) < 4.78 is 37.1. The maximum absolute atomic E-state index is 12.0. The Labute approximate surface area is 116 Å². The standard InChI is InChI=1S/C6H6BF3NO.K/c1-11-3-2-5(4-6(11)12)7(8,9)10;/h2-4H,1H3;/q-1;+1. The van der Waals surface area contributed by atoms with Crippen LogP contribution in [0.4, 0.5) is 12.9 Å². The smallest absolute Gasteiger partial charge is 0.445 e. The first-order chi connectivity index (χ1) is 5.41. The zero-order valence-corrected chi connectivity index (χ0v) is 10.4. The van der Waals surface area contributed by atoms with Gasteiger partial charge in [-0.1, -0.05) is 6.07 Å². The van der Waals surface area contributed by atoms with Gasteiger partial charge in [0.25, 0.3) is 0 Å². The van der Waals surface area contributed by atoms with Crippen molar-refractivity contribution >= 4 is 12.4 Å². The topological polar surface area (TPSA) is 22.0 Å². The van der Waals surface area contributed by atoms with Gasteiger partial charge in [0.1, 0.15) is 0 Å². The quantitative estimate of drug-likeness (QED) is 0.472. The molecule has 7 heteroatoms. The van der Waals surface area contributed by atoms with E-state index in [1.54, 1.807) is 0 Å². The molecule has 0 saturated heterocycles. The number of pyridine rings is 1. The molecule has 0 amide bonds. The van der Waals surface area contributed by atoms with Crippen LogP contribution >= 0.6 is 0 Å². The molecular formula is C6H6BF3KNO. The van der Waals surface area contributed by atoms with Crippen LogP contribution in [0, 0.1) is 0 Å². The van der Waals surface area contributed by atoms with Gasteiger partial charge in [0, 0.05) is 13.2 Å². The van der Waals surface area contributed by atoms with Gasteiger partial charge in [-0.15, -0.1) is 5.46 Å². The molecule has 1 aromatic rings. The van der Waals surface area contributed by atoms with Crippen molar-refractivity contribution in [1.29, 1.82) is 0 Å². The second-order valence-corrected chi connectivity index (χ2v) is 2.48. The zero-order chi connectivity index (χ0) is 9.35. The Hall–Kier alpha value is 0.441. The number of nitrogens with zero attached hydrogens (tertiary/aromatic N) is 1. The molecule has 13 heavy (non-hydrogen) atoms. The van der Waals surface area contributed by atoms with E-state index in [1.165, 1.54) is 7.05 Å². The van der Waals surface area contributed by atoms with Crippen LogP contribution in [0.15, 0.2) is 23.1 Å². The van der Waals surface area contributed by atoms with E-state index in [2.05, 4.69) is 0 Å². The molecule has 0 aliphatic rings. The van der Waals surface area contributed by atoms with E-state index in [4.69, 9.17) is 0 Å². The Balaban J connectivity index is 0.00000144. The number of rotatable bonds is 1. The number of halogens is 3. The third kappa shape index (κ3) is 3.59. The fraction of sp³-hybridized carbons (Fsp3) is 0.167. The van der Waals surface area contributed by atoms with Crippen LogP contribution in [0.5, 0.6) is 0 Å². The van der Waals surface area contributed by atoms with Crippen LogP contribution < -0.4 is 62.4 Å². The Bertz CT molecular complexity index is 348. The van der Waals surface area contributed by atoms with E-state index >= 15 is 0 Å². The monoisotopic (exact) mass is 215 g/mol. The van der Waals surface area contributed by atoms with Crippen LogP contribution in [0.1, 0.15) is 0 Å². The summed E-state index contributed by atoms with van der Waals surface area (Å²) in [6, 6.07) is 1.49. The van der Waals surface area contributed by atoms with Crippen molar-refractivity contribution in [2.75, 3.05) is 0 Å². The van der Waals surface area contributed by atoms with Gasteiger partial charge < -0.3 is 17.5 Å². The van der Waals surface area contributed by atoms with Crippen LogP contribution in [0.2, 0.25) is 0 Å². The molecule has 0 spiro atoms. The van der Waals surface area contributed by atoms with Gasteiger partial charge in [-0.3, -0.25) is 4.79 Å². The number of hydrogen-bond acceptors (Lipinski definition) is 1. The molecule has 1 heterocycles. The first kappa shape index (κ1) is 13.4. The van der Waals surface area contributed by atoms with Gasteiger partial charge in [0.15, 0.2) is 0 Å². The molecule has 0 aliphatic carbocycles. The summed E-state index contributed by atoms with van der Waals surface area (Å²) in [6.45, 7) is -5.05. The third-order valence-electron chi connectivity index (χ3n) is 1.51. The van der Waals surface area contributed by atoms with Gasteiger partial charge in [-0.2, -0.15) is 0 Å². The summed E-state index contributed by atoms with van der Waals surface area (Å²) in [4.78, 5) is 10.8. The molecule has 0 fully saturated rings. The molecule has 0 atom stereocenters. The van der Waals surface area contributed by atoms with Crippen molar-refractivity contribution < 1.29 is 64.3 Å². The maximum atomic E-state index is 12.0. The van der Waals surface area contributed by atoms with E-state index < -0.39 is 18.0 Å². The largest absolute Gasteiger partial charge is 1.00 e. The Morgan fingerprint density at radius 2 is 1.92 bits per heavy atom. The molecule has 0 aliphatic heterocycles. The minimum atomic E-state index is -5.05. The Morgan fingerprint density at radius 1 is 1.38 bits per heavy atom. The summed E-state index contributed by atoms with van der Waals surface area (Å²) in [5.74, 6) is 0. The van der Waals surface area contributed by atoms with Crippen molar-refractivity contribution in [2.24, 2.45) is 7.05 Å². The van der Waals surface area contributed by atoms with E-state index in [-0.39, 0.29) is 51.4 Å². The molecule has 0 unspecified atom stereocenters. The van der Waals surface area contributed by atoms with Crippen molar-refractivity contribution in [1.82, 2.24) is 4.57 Å². The first-order valence-electron chi connectivity index (χ1n) is 3.28. The summed E-state index contributed by atoms with van der Waals surface area (Å²) in [6.07, 6.45) is 1.10. The minimum absolute atomic E-state index is 0. The molecule has 0 N–H and O–H groups in total. The first-order valence-corrected chi connectivity index (χ1v) is 3.28. The van der Waals surface area contributed by atoms with Crippen molar-refractivity contribution in [3.8, 4) is 0 Å². The number of aromatic nitrogens is 1. The number of aryl methyl sites for hydroxylation is 1. The van der Waals surface area contributed by atoms with Gasteiger partial charge in [-0.05, 0) is 6.07 Å². The second-order valence-electron chi connectivity index (χ2n) is 2.48. The zero-order valence-electron chi connectivity index (χ0n) is 7.30. The summed E-state index contributed by atoms with van der Waals surface area (Å²) >= 11 is 0. The van der Waals surface area contributed by atoms with Crippen LogP contribution in [0.25, 0.3) is 0 Å². The third-order valence-corrected chi connectivity index (χ3v) is 1.51. The summed E-state index contributed by atoms with van der Waals surface area (Å²) in [5.41, 5.74) is -1.50. The molecule has 1 rings (SSSR count). The molecule has 0 bridgehead atoms. The molecule has 0 radical (unpaired) electrons. The second kappa shape index (κ2) is 4.79. The summed E-state index contributed by atoms with van der Waals surface area (Å²) in [7, 11) is 1.40. The van der Waals surface area contributed by atoms with Crippen molar-refractivity contribution in [3.05, 3.63) is 28.7 Å². The average Bonchev–Trinajstić information content (AvgIpc) is 1.92. The van der Waals surface area contributed by atoms with Gasteiger partial charge in [-0.25, -0.2) is 0 Å². The van der Waals surface area contributed by atoms with Crippen LogP contribution in [-0.4, -0.2) is 11.5 Å². The predicted molar refractivity (Wildman–Crippen MR) is 40.4 cm³/mol. The Morgan fingerprint density at radius 3 is 2.31 bits per heavy atom. The molecule has 1 aromatic heterocycles. The molecule has 0 saturated carbocycles. The molecule has 0 aromatic carbocycles. The fourth-order valence-corrected chi connectivity index (χ4v) is 0.767. The van der Waals surface area contributed by atoms with E-state index in [1.807, 2.05) is 0 Å². The fourth-order valence-electron chi connectivity index (χ4n) is 0.767. The Kier molecular flexibility index (Phi) is 4.95. The molecule has 2 nitrogen and oxygen atoms in total. The molecular weight excluding hydrogens is 209 g/mol. The number of hydrogen-bond donors (Lipinski definition) is 0. The van der Waals surface area contributed by atoms with E-state index in [0.29, 0.717) is 6.07 Å². The van der Waals surface area contributed by atoms with Gasteiger partial charge >= 0.3 is 58.4 Å². The average molecular weight is 215 g/mol. The van der Waals surface area contributed by atoms with E-state index in [0.717, 1.165) is 16.8 Å². The van der Waals surface area contributed by atoms with Crippen molar-refractivity contribution in [3.63, 3.8) is 0 Å². The van der Waals surface area contributed by atoms with Crippen LogP contribution in [-0.2, 0) is 7.05 Å². The van der Waals surface area contributed by atoms with Crippen molar-refractivity contribution in [2.45, 2.75) is 0 Å². The van der Waals surface area contributed by atoms with Gasteiger partial charge in [0.2, 0.25) is 5.56 Å². The maximum Gasteiger partial charge on any atom is 1.00 e. The SMILES string of the molecule is Cn1ccc([B-](F)(F)F)cc1=O.[K+]. The minimum Gasteiger partial charge on any atom is -0.445 e.